The fraction of sp³-hybridized carbons (Fsp3) is 0.0952. The lowest BCUT2D eigenvalue weighted by atomic mass is 10.1. The molecule has 1 heterocycles. The van der Waals surface area contributed by atoms with Crippen LogP contribution in [0.15, 0.2) is 76.9 Å². The second kappa shape index (κ2) is 10.0. The lowest BCUT2D eigenvalue weighted by molar-refractivity contribution is -0.137. The molecule has 0 aliphatic rings. The van der Waals surface area contributed by atoms with Crippen molar-refractivity contribution >= 4 is 33.8 Å². The van der Waals surface area contributed by atoms with Gasteiger partial charge in [0, 0.05) is 11.2 Å². The number of halogens is 4. The van der Waals surface area contributed by atoms with Crippen LogP contribution in [0.3, 0.4) is 0 Å². The summed E-state index contributed by atoms with van der Waals surface area (Å²) in [6.45, 7) is 0. The lowest BCUT2D eigenvalue weighted by Gasteiger charge is -2.10. The van der Waals surface area contributed by atoms with E-state index in [1.165, 1.54) is 18.3 Å². The van der Waals surface area contributed by atoms with Crippen LogP contribution in [0, 0.1) is 0 Å². The minimum atomic E-state index is -4.61. The van der Waals surface area contributed by atoms with E-state index in [0.29, 0.717) is 22.7 Å². The van der Waals surface area contributed by atoms with Crippen molar-refractivity contribution in [1.29, 1.82) is 0 Å². The van der Waals surface area contributed by atoms with Gasteiger partial charge in [-0.05, 0) is 54.1 Å². The number of amides is 1. The van der Waals surface area contributed by atoms with E-state index in [1.54, 1.807) is 24.3 Å². The highest BCUT2D eigenvalue weighted by atomic mass is 35.5. The van der Waals surface area contributed by atoms with Gasteiger partial charge in [0.15, 0.2) is 0 Å². The molecule has 3 aromatic rings. The fourth-order valence-corrected chi connectivity index (χ4v) is 3.71. The number of aromatic nitrogens is 1. The zero-order valence-electron chi connectivity index (χ0n) is 16.6. The quantitative estimate of drug-likeness (QED) is 0.299. The van der Waals surface area contributed by atoms with E-state index in [1.807, 2.05) is 0 Å². The van der Waals surface area contributed by atoms with E-state index < -0.39 is 32.7 Å². The molecular weight excluding hydrogens is 483 g/mol. The van der Waals surface area contributed by atoms with Crippen molar-refractivity contribution in [2.45, 2.75) is 17.5 Å². The predicted molar refractivity (Wildman–Crippen MR) is 114 cm³/mol. The maximum absolute atomic E-state index is 12.7. The molecule has 1 aromatic heterocycles. The van der Waals surface area contributed by atoms with Crippen LogP contribution in [0.5, 0.6) is 5.88 Å². The van der Waals surface area contributed by atoms with Gasteiger partial charge in [-0.25, -0.2) is 10.4 Å². The molecule has 2 aromatic carbocycles. The van der Waals surface area contributed by atoms with Gasteiger partial charge in [-0.3, -0.25) is 4.79 Å². The summed E-state index contributed by atoms with van der Waals surface area (Å²) in [6, 6.07) is 12.4. The molecule has 0 fully saturated rings. The number of benzene rings is 2. The average molecular weight is 498 g/mol. The van der Waals surface area contributed by atoms with Crippen molar-refractivity contribution in [3.8, 4) is 5.88 Å². The second-order valence-corrected chi connectivity index (χ2v) is 8.54. The second-order valence-electron chi connectivity index (χ2n) is 6.56. The first-order chi connectivity index (χ1) is 15.5. The Bertz CT molecular complexity index is 1280. The number of hydrogen-bond acceptors (Lipinski definition) is 6. The van der Waals surface area contributed by atoms with Crippen molar-refractivity contribution in [2.75, 3.05) is 0 Å². The van der Waals surface area contributed by atoms with Crippen LogP contribution < -0.4 is 9.61 Å². The van der Waals surface area contributed by atoms with Gasteiger partial charge in [-0.15, -0.1) is 0 Å². The number of rotatable bonds is 7. The molecule has 0 saturated heterocycles. The summed E-state index contributed by atoms with van der Waals surface area (Å²) < 4.78 is 68.0. The zero-order chi connectivity index (χ0) is 24.1. The molecule has 0 atom stereocenters. The summed E-state index contributed by atoms with van der Waals surface area (Å²) in [5.74, 6) is -0.817. The molecule has 33 heavy (non-hydrogen) atoms. The van der Waals surface area contributed by atoms with E-state index in [0.717, 1.165) is 18.3 Å². The maximum Gasteiger partial charge on any atom is 0.416 e. The number of nitrogens with zero attached hydrogens (tertiary/aromatic N) is 2. The number of alkyl halides is 3. The number of carbonyl (C=O) groups excluding carboxylic acids is 1. The average Bonchev–Trinajstić information content (AvgIpc) is 2.74. The number of carbonyl (C=O) groups is 1. The third-order valence-corrected chi connectivity index (χ3v) is 5.57. The van der Waals surface area contributed by atoms with Crippen LogP contribution in [0.25, 0.3) is 0 Å². The Labute approximate surface area is 192 Å². The molecule has 0 radical (unpaired) electrons. The lowest BCUT2D eigenvalue weighted by Crippen LogP contribution is -2.20. The third kappa shape index (κ3) is 6.77. The van der Waals surface area contributed by atoms with Crippen LogP contribution in [0.1, 0.15) is 16.7 Å². The number of hydrogen-bond donors (Lipinski definition) is 1. The molecule has 3 rings (SSSR count). The molecule has 0 spiro atoms. The Morgan fingerprint density at radius 2 is 1.85 bits per heavy atom. The van der Waals surface area contributed by atoms with Gasteiger partial charge in [0.25, 0.3) is 0 Å². The number of pyridine rings is 1. The van der Waals surface area contributed by atoms with Gasteiger partial charge in [0.2, 0.25) is 11.8 Å². The van der Waals surface area contributed by atoms with Gasteiger partial charge in [0.05, 0.1) is 23.8 Å². The van der Waals surface area contributed by atoms with Crippen LogP contribution in [-0.2, 0) is 27.5 Å². The van der Waals surface area contributed by atoms with Crippen LogP contribution in [-0.4, -0.2) is 25.5 Å². The predicted octanol–water partition coefficient (Wildman–Crippen LogP) is 4.21. The van der Waals surface area contributed by atoms with Crippen molar-refractivity contribution in [3.05, 3.63) is 88.6 Å². The summed E-state index contributed by atoms with van der Waals surface area (Å²) in [5, 5.41) is 4.25. The Hall–Kier alpha value is -3.44. The molecule has 12 heteroatoms. The van der Waals surface area contributed by atoms with Gasteiger partial charge in [0.1, 0.15) is 4.90 Å². The van der Waals surface area contributed by atoms with Gasteiger partial charge in [-0.2, -0.15) is 26.7 Å². The Balaban J connectivity index is 1.70. The first kappa shape index (κ1) is 24.2. The number of hydrazone groups is 1. The van der Waals surface area contributed by atoms with Gasteiger partial charge < -0.3 is 4.18 Å². The Morgan fingerprint density at radius 1 is 1.12 bits per heavy atom. The summed E-state index contributed by atoms with van der Waals surface area (Å²) in [6.07, 6.45) is -2.21. The summed E-state index contributed by atoms with van der Waals surface area (Å²) in [7, 11) is -4.48. The first-order valence-corrected chi connectivity index (χ1v) is 11.0. The molecule has 0 aliphatic carbocycles. The van der Waals surface area contributed by atoms with Crippen LogP contribution in [0.2, 0.25) is 5.02 Å². The number of nitrogens with one attached hydrogen (secondary N) is 1. The van der Waals surface area contributed by atoms with Crippen molar-refractivity contribution in [1.82, 2.24) is 10.4 Å². The van der Waals surface area contributed by atoms with E-state index in [-0.39, 0.29) is 17.9 Å². The summed E-state index contributed by atoms with van der Waals surface area (Å²) in [5.41, 5.74) is 2.07. The standard InChI is InChI=1S/C21H15ClF3N3O4S/c22-17-5-1-3-14(11-17)12-19(29)28-27-13-15-4-2-10-26-20(15)32-33(30,31)18-8-6-16(7-9-18)21(23,24)25/h1-11,13H,12H2,(H,28,29)/b27-13+. The highest BCUT2D eigenvalue weighted by Gasteiger charge is 2.31. The van der Waals surface area contributed by atoms with E-state index >= 15 is 0 Å². The minimum Gasteiger partial charge on any atom is -0.357 e. The largest absolute Gasteiger partial charge is 0.416 e. The topological polar surface area (TPSA) is 97.7 Å². The molecule has 0 saturated carbocycles. The Morgan fingerprint density at radius 3 is 2.52 bits per heavy atom. The first-order valence-electron chi connectivity index (χ1n) is 9.18. The zero-order valence-corrected chi connectivity index (χ0v) is 18.2. The SMILES string of the molecule is O=C(Cc1cccc(Cl)c1)N/N=C/c1cccnc1OS(=O)(=O)c1ccc(C(F)(F)F)cc1. The minimum absolute atomic E-state index is 0.0105. The van der Waals surface area contributed by atoms with Crippen LogP contribution in [0.4, 0.5) is 13.2 Å². The third-order valence-electron chi connectivity index (χ3n) is 4.11. The molecule has 172 valence electrons. The highest BCUT2D eigenvalue weighted by molar-refractivity contribution is 7.87. The normalized spacial score (nSPS) is 12.0. The fourth-order valence-electron chi connectivity index (χ4n) is 2.58. The van der Waals surface area contributed by atoms with E-state index in [2.05, 4.69) is 15.5 Å². The molecular formula is C21H15ClF3N3O4S. The highest BCUT2D eigenvalue weighted by Crippen LogP contribution is 2.30. The Kier molecular flexibility index (Phi) is 7.34. The van der Waals surface area contributed by atoms with Gasteiger partial charge >= 0.3 is 16.3 Å². The molecule has 7 nitrogen and oxygen atoms in total. The van der Waals surface area contributed by atoms with E-state index in [9.17, 15) is 26.4 Å². The van der Waals surface area contributed by atoms with Crippen molar-refractivity contribution in [3.63, 3.8) is 0 Å². The molecule has 1 N–H and O–H groups in total. The summed E-state index contributed by atoms with van der Waals surface area (Å²) in [4.78, 5) is 15.4. The molecule has 0 bridgehead atoms. The van der Waals surface area contributed by atoms with Gasteiger partial charge in [-0.1, -0.05) is 23.7 Å². The van der Waals surface area contributed by atoms with Crippen LogP contribution >= 0.6 is 11.6 Å². The van der Waals surface area contributed by atoms with Crippen molar-refractivity contribution < 1.29 is 30.6 Å². The smallest absolute Gasteiger partial charge is 0.357 e. The monoisotopic (exact) mass is 497 g/mol. The maximum atomic E-state index is 12.7. The molecule has 0 aliphatic heterocycles. The molecule has 0 unspecified atom stereocenters. The van der Waals surface area contributed by atoms with Crippen molar-refractivity contribution in [2.24, 2.45) is 5.10 Å². The summed E-state index contributed by atoms with van der Waals surface area (Å²) >= 11 is 5.87. The van der Waals surface area contributed by atoms with E-state index in [4.69, 9.17) is 15.8 Å². The molecule has 1 amide bonds.